The van der Waals surface area contributed by atoms with E-state index in [1.807, 2.05) is 24.6 Å². The predicted molar refractivity (Wildman–Crippen MR) is 153 cm³/mol. The summed E-state index contributed by atoms with van der Waals surface area (Å²) in [7, 11) is 0.117. The van der Waals surface area contributed by atoms with Crippen LogP contribution in [0.5, 0.6) is 0 Å². The molecule has 0 spiro atoms. The number of hydrogen-bond acceptors (Lipinski definition) is 7. The van der Waals surface area contributed by atoms with E-state index in [0.29, 0.717) is 10.7 Å². The normalized spacial score (nSPS) is 15.5. The second kappa shape index (κ2) is 11.6. The standard InChI is InChI=1S/C28H35ClN4O5S/c1-18(2)38-27(34)17-39(36,37)22-8-6-20(7-9-22)19(3)30-28(35)26-16-23-24(29)14-21(15-25(23)32(26)5)33-12-10-31(4)11-13-33/h6-9,14-16,18-19H,10-13,17H2,1-5H3,(H,30,35)/t19-/m1/s1. The molecule has 1 amide bonds. The zero-order valence-corrected chi connectivity index (χ0v) is 24.5. The summed E-state index contributed by atoms with van der Waals surface area (Å²) in [5, 5.41) is 4.39. The van der Waals surface area contributed by atoms with Gasteiger partial charge in [0.2, 0.25) is 0 Å². The van der Waals surface area contributed by atoms with Crippen molar-refractivity contribution in [2.24, 2.45) is 7.05 Å². The minimum atomic E-state index is -3.84. The highest BCUT2D eigenvalue weighted by atomic mass is 35.5. The maximum Gasteiger partial charge on any atom is 0.321 e. The number of aryl methyl sites for hydroxylation is 1. The molecule has 2 heterocycles. The number of aromatic nitrogens is 1. The van der Waals surface area contributed by atoms with Crippen LogP contribution in [0, 0.1) is 0 Å². The van der Waals surface area contributed by atoms with Crippen molar-refractivity contribution in [3.8, 4) is 0 Å². The number of fused-ring (bicyclic) bond motifs is 1. The molecule has 1 atom stereocenters. The van der Waals surface area contributed by atoms with Crippen LogP contribution < -0.4 is 10.2 Å². The summed E-state index contributed by atoms with van der Waals surface area (Å²) in [5.74, 6) is -1.79. The first-order valence-corrected chi connectivity index (χ1v) is 14.9. The number of ether oxygens (including phenoxy) is 1. The van der Waals surface area contributed by atoms with Crippen molar-refractivity contribution < 1.29 is 22.7 Å². The molecule has 1 aliphatic rings. The number of nitrogens with one attached hydrogen (secondary N) is 1. The van der Waals surface area contributed by atoms with Gasteiger partial charge in [-0.25, -0.2) is 8.42 Å². The molecule has 1 aliphatic heterocycles. The highest BCUT2D eigenvalue weighted by Gasteiger charge is 2.23. The molecule has 11 heteroatoms. The SMILES string of the molecule is CC(C)OC(=O)CS(=O)(=O)c1ccc([C@@H](C)NC(=O)c2cc3c(Cl)cc(N4CCN(C)CC4)cc3n2C)cc1. The van der Waals surface area contributed by atoms with E-state index in [2.05, 4.69) is 28.2 Å². The van der Waals surface area contributed by atoms with Crippen LogP contribution >= 0.6 is 11.6 Å². The van der Waals surface area contributed by atoms with Crippen molar-refractivity contribution in [2.45, 2.75) is 37.8 Å². The van der Waals surface area contributed by atoms with Gasteiger partial charge in [-0.15, -0.1) is 0 Å². The van der Waals surface area contributed by atoms with Crippen LogP contribution in [0.1, 0.15) is 42.9 Å². The maximum atomic E-state index is 13.3. The Morgan fingerprint density at radius 3 is 2.26 bits per heavy atom. The Kier molecular flexibility index (Phi) is 8.58. The first-order chi connectivity index (χ1) is 18.4. The molecule has 1 aromatic heterocycles. The number of rotatable bonds is 8. The molecule has 4 rings (SSSR count). The fourth-order valence-corrected chi connectivity index (χ4v) is 6.05. The van der Waals surface area contributed by atoms with Crippen LogP contribution in [0.15, 0.2) is 47.4 Å². The number of piperazine rings is 1. The Labute approximate surface area is 234 Å². The minimum Gasteiger partial charge on any atom is -0.462 e. The second-order valence-corrected chi connectivity index (χ2v) is 12.7. The van der Waals surface area contributed by atoms with Crippen LogP contribution in [0.4, 0.5) is 5.69 Å². The number of likely N-dealkylation sites (N-methyl/N-ethyl adjacent to an activating group) is 1. The number of halogens is 1. The van der Waals surface area contributed by atoms with E-state index in [-0.39, 0.29) is 10.8 Å². The van der Waals surface area contributed by atoms with Gasteiger partial charge < -0.3 is 24.4 Å². The molecule has 0 unspecified atom stereocenters. The predicted octanol–water partition coefficient (Wildman–Crippen LogP) is 3.80. The van der Waals surface area contributed by atoms with Crippen LogP contribution in [0.3, 0.4) is 0 Å². The van der Waals surface area contributed by atoms with Gasteiger partial charge in [0.15, 0.2) is 15.6 Å². The number of anilines is 1. The molecule has 1 saturated heterocycles. The van der Waals surface area contributed by atoms with E-state index in [9.17, 15) is 18.0 Å². The Balaban J connectivity index is 1.48. The van der Waals surface area contributed by atoms with Crippen LogP contribution in [0.25, 0.3) is 10.9 Å². The average molecular weight is 575 g/mol. The van der Waals surface area contributed by atoms with E-state index < -0.39 is 33.7 Å². The molecule has 0 bridgehead atoms. The van der Waals surface area contributed by atoms with Crippen molar-refractivity contribution in [2.75, 3.05) is 43.9 Å². The number of esters is 1. The molecule has 0 aliphatic carbocycles. The zero-order chi connectivity index (χ0) is 28.5. The van der Waals surface area contributed by atoms with Gasteiger partial charge in [0.1, 0.15) is 5.69 Å². The molecule has 0 radical (unpaired) electrons. The zero-order valence-electron chi connectivity index (χ0n) is 22.9. The molecular weight excluding hydrogens is 540 g/mol. The van der Waals surface area contributed by atoms with Gasteiger partial charge in [0, 0.05) is 44.3 Å². The Morgan fingerprint density at radius 2 is 1.64 bits per heavy atom. The lowest BCUT2D eigenvalue weighted by Gasteiger charge is -2.34. The average Bonchev–Trinajstić information content (AvgIpc) is 3.20. The Morgan fingerprint density at radius 1 is 1.00 bits per heavy atom. The highest BCUT2D eigenvalue weighted by molar-refractivity contribution is 7.92. The Hall–Kier alpha value is -3.08. The quantitative estimate of drug-likeness (QED) is 0.408. The first-order valence-electron chi connectivity index (χ1n) is 12.9. The van der Waals surface area contributed by atoms with Crippen LogP contribution in [0.2, 0.25) is 5.02 Å². The van der Waals surface area contributed by atoms with Crippen molar-refractivity contribution in [1.29, 1.82) is 0 Å². The third-order valence-electron chi connectivity index (χ3n) is 6.96. The number of carbonyl (C=O) groups is 2. The van der Waals surface area contributed by atoms with E-state index in [1.54, 1.807) is 32.0 Å². The van der Waals surface area contributed by atoms with Gasteiger partial charge in [-0.3, -0.25) is 9.59 Å². The summed E-state index contributed by atoms with van der Waals surface area (Å²) in [6.07, 6.45) is -0.392. The van der Waals surface area contributed by atoms with Crippen LogP contribution in [-0.2, 0) is 26.4 Å². The van der Waals surface area contributed by atoms with E-state index in [0.717, 1.165) is 48.3 Å². The number of benzene rings is 2. The number of nitrogens with zero attached hydrogens (tertiary/aromatic N) is 3. The first kappa shape index (κ1) is 28.9. The molecule has 3 aromatic rings. The van der Waals surface area contributed by atoms with Crippen LogP contribution in [-0.4, -0.2) is 74.8 Å². The van der Waals surface area contributed by atoms with Crippen molar-refractivity contribution in [3.63, 3.8) is 0 Å². The third-order valence-corrected chi connectivity index (χ3v) is 8.88. The fourth-order valence-electron chi connectivity index (χ4n) is 4.69. The molecule has 1 fully saturated rings. The van der Waals surface area contributed by atoms with Crippen molar-refractivity contribution in [3.05, 3.63) is 58.7 Å². The van der Waals surface area contributed by atoms with Gasteiger partial charge >= 0.3 is 5.97 Å². The van der Waals surface area contributed by atoms with Crippen molar-refractivity contribution in [1.82, 2.24) is 14.8 Å². The third kappa shape index (κ3) is 6.57. The highest BCUT2D eigenvalue weighted by Crippen LogP contribution is 2.32. The molecule has 2 aromatic carbocycles. The number of sulfone groups is 1. The monoisotopic (exact) mass is 574 g/mol. The number of hydrogen-bond donors (Lipinski definition) is 1. The number of amides is 1. The maximum absolute atomic E-state index is 13.3. The van der Waals surface area contributed by atoms with E-state index >= 15 is 0 Å². The summed E-state index contributed by atoms with van der Waals surface area (Å²) in [4.78, 5) is 29.7. The second-order valence-electron chi connectivity index (χ2n) is 10.3. The van der Waals surface area contributed by atoms with E-state index in [4.69, 9.17) is 16.3 Å². The lowest BCUT2D eigenvalue weighted by Crippen LogP contribution is -2.44. The van der Waals surface area contributed by atoms with E-state index in [1.165, 1.54) is 12.1 Å². The summed E-state index contributed by atoms with van der Waals surface area (Å²) in [6.45, 7) is 8.92. The molecule has 210 valence electrons. The lowest BCUT2D eigenvalue weighted by atomic mass is 10.1. The summed E-state index contributed by atoms with van der Waals surface area (Å²) in [5.41, 5.74) is 3.10. The fraction of sp³-hybridized carbons (Fsp3) is 0.429. The molecule has 0 saturated carbocycles. The topological polar surface area (TPSA) is 101 Å². The van der Waals surface area contributed by atoms with Gasteiger partial charge in [-0.2, -0.15) is 0 Å². The molecular formula is C28H35ClN4O5S. The summed E-state index contributed by atoms with van der Waals surface area (Å²) >= 11 is 6.65. The largest absolute Gasteiger partial charge is 0.462 e. The Bertz CT molecular complexity index is 1480. The van der Waals surface area contributed by atoms with Gasteiger partial charge in [-0.05, 0) is 63.7 Å². The smallest absolute Gasteiger partial charge is 0.321 e. The number of carbonyl (C=O) groups excluding carboxylic acids is 2. The van der Waals surface area contributed by atoms with Gasteiger partial charge in [-0.1, -0.05) is 23.7 Å². The lowest BCUT2D eigenvalue weighted by molar-refractivity contribution is -0.144. The minimum absolute atomic E-state index is 0.0185. The van der Waals surface area contributed by atoms with Crippen molar-refractivity contribution >= 4 is 49.9 Å². The van der Waals surface area contributed by atoms with Gasteiger partial charge in [0.05, 0.1) is 27.6 Å². The van der Waals surface area contributed by atoms with Gasteiger partial charge in [0.25, 0.3) is 5.91 Å². The summed E-state index contributed by atoms with van der Waals surface area (Å²) < 4.78 is 31.9. The molecule has 9 nitrogen and oxygen atoms in total. The molecule has 39 heavy (non-hydrogen) atoms. The molecule has 1 N–H and O–H groups in total. The summed E-state index contributed by atoms with van der Waals surface area (Å²) in [6, 6.07) is 11.6.